The Labute approximate surface area is 253 Å². The molecule has 0 unspecified atom stereocenters. The standard InChI is InChI=1S/C36H44F4O3/c1-3-5-7-8-9-10-12-22-41-31-21-20-29(33(38)35(31)40)27-16-14-26(15-17-27)28-18-19-30(34(39)32(28)37)36-42-23-25(24-43-36)13-11-6-4-2/h14-21,25,36H,3-13,22-24H2,1-2H3. The quantitative estimate of drug-likeness (QED) is 0.121. The SMILES string of the molecule is CCCCCCCCCOc1ccc(-c2ccc(-c3ccc(C4OCC(CCCCC)CO4)c(F)c3F)cc2)c(F)c1F. The Morgan fingerprint density at radius 3 is 1.77 bits per heavy atom. The summed E-state index contributed by atoms with van der Waals surface area (Å²) in [5.74, 6) is -3.93. The van der Waals surface area contributed by atoms with E-state index in [2.05, 4.69) is 13.8 Å². The summed E-state index contributed by atoms with van der Waals surface area (Å²) in [5, 5.41) is 0. The molecule has 43 heavy (non-hydrogen) atoms. The zero-order chi connectivity index (χ0) is 30.6. The van der Waals surface area contributed by atoms with E-state index >= 15 is 8.78 Å². The van der Waals surface area contributed by atoms with E-state index in [-0.39, 0.29) is 28.4 Å². The molecule has 3 aromatic carbocycles. The van der Waals surface area contributed by atoms with Gasteiger partial charge in [0.15, 0.2) is 29.5 Å². The molecule has 3 aromatic rings. The molecular weight excluding hydrogens is 556 g/mol. The fraction of sp³-hybridized carbons (Fsp3) is 0.500. The smallest absolute Gasteiger partial charge is 0.201 e. The summed E-state index contributed by atoms with van der Waals surface area (Å²) in [4.78, 5) is 0. The Kier molecular flexibility index (Phi) is 12.9. The van der Waals surface area contributed by atoms with Gasteiger partial charge in [-0.2, -0.15) is 4.39 Å². The molecule has 1 aliphatic rings. The molecule has 0 bridgehead atoms. The van der Waals surface area contributed by atoms with Crippen molar-refractivity contribution in [2.75, 3.05) is 19.8 Å². The Bertz CT molecular complexity index is 1290. The molecule has 1 saturated heterocycles. The number of halogens is 4. The lowest BCUT2D eigenvalue weighted by Gasteiger charge is -2.30. The summed E-state index contributed by atoms with van der Waals surface area (Å²) >= 11 is 0. The van der Waals surface area contributed by atoms with Crippen LogP contribution in [-0.2, 0) is 9.47 Å². The van der Waals surface area contributed by atoms with Gasteiger partial charge in [-0.1, -0.05) is 108 Å². The maximum atomic E-state index is 15.2. The number of ether oxygens (including phenoxy) is 3. The van der Waals surface area contributed by atoms with Crippen LogP contribution in [0.2, 0.25) is 0 Å². The third-order valence-corrected chi connectivity index (χ3v) is 8.11. The number of hydrogen-bond donors (Lipinski definition) is 0. The van der Waals surface area contributed by atoms with E-state index in [1.807, 2.05) is 0 Å². The lowest BCUT2D eigenvalue weighted by Crippen LogP contribution is -2.27. The molecule has 0 radical (unpaired) electrons. The van der Waals surface area contributed by atoms with Gasteiger partial charge in [-0.3, -0.25) is 0 Å². The number of benzene rings is 3. The van der Waals surface area contributed by atoms with Gasteiger partial charge in [-0.05, 0) is 36.1 Å². The van der Waals surface area contributed by atoms with E-state index in [1.165, 1.54) is 49.9 Å². The van der Waals surface area contributed by atoms with Crippen LogP contribution in [-0.4, -0.2) is 19.8 Å². The molecule has 7 heteroatoms. The predicted molar refractivity (Wildman–Crippen MR) is 163 cm³/mol. The van der Waals surface area contributed by atoms with Gasteiger partial charge in [0.25, 0.3) is 0 Å². The predicted octanol–water partition coefficient (Wildman–Crippen LogP) is 10.9. The van der Waals surface area contributed by atoms with Crippen molar-refractivity contribution in [3.05, 3.63) is 77.4 Å². The van der Waals surface area contributed by atoms with Gasteiger partial charge in [0, 0.05) is 22.6 Å². The van der Waals surface area contributed by atoms with Crippen LogP contribution < -0.4 is 4.74 Å². The number of unbranched alkanes of at least 4 members (excludes halogenated alkanes) is 8. The van der Waals surface area contributed by atoms with Gasteiger partial charge in [-0.25, -0.2) is 13.2 Å². The summed E-state index contributed by atoms with van der Waals surface area (Å²) in [6.07, 6.45) is 11.1. The van der Waals surface area contributed by atoms with Crippen molar-refractivity contribution in [3.8, 4) is 28.0 Å². The molecule has 0 aromatic heterocycles. The first-order valence-corrected chi connectivity index (χ1v) is 15.9. The minimum absolute atomic E-state index is 0.0247. The van der Waals surface area contributed by atoms with Crippen LogP contribution in [0.3, 0.4) is 0 Å². The molecule has 4 rings (SSSR count). The fourth-order valence-corrected chi connectivity index (χ4v) is 5.48. The monoisotopic (exact) mass is 600 g/mol. The average molecular weight is 601 g/mol. The molecule has 1 heterocycles. The lowest BCUT2D eigenvalue weighted by molar-refractivity contribution is -0.207. The average Bonchev–Trinajstić information content (AvgIpc) is 3.02. The second-order valence-electron chi connectivity index (χ2n) is 11.5. The van der Waals surface area contributed by atoms with Crippen molar-refractivity contribution in [2.24, 2.45) is 5.92 Å². The van der Waals surface area contributed by atoms with Crippen LogP contribution in [0, 0.1) is 29.2 Å². The molecule has 0 N–H and O–H groups in total. The first kappa shape index (κ1) is 33.0. The van der Waals surface area contributed by atoms with E-state index < -0.39 is 29.6 Å². The Hall–Kier alpha value is -2.90. The van der Waals surface area contributed by atoms with Crippen LogP contribution in [0.5, 0.6) is 5.75 Å². The van der Waals surface area contributed by atoms with Crippen LogP contribution in [0.1, 0.15) is 96.3 Å². The highest BCUT2D eigenvalue weighted by Gasteiger charge is 2.28. The third kappa shape index (κ3) is 8.82. The van der Waals surface area contributed by atoms with Gasteiger partial charge in [-0.15, -0.1) is 0 Å². The van der Waals surface area contributed by atoms with Gasteiger partial charge in [0.1, 0.15) is 0 Å². The Morgan fingerprint density at radius 1 is 0.605 bits per heavy atom. The van der Waals surface area contributed by atoms with Crippen LogP contribution in [0.25, 0.3) is 22.3 Å². The molecule has 0 spiro atoms. The fourth-order valence-electron chi connectivity index (χ4n) is 5.48. The molecule has 0 amide bonds. The minimum Gasteiger partial charge on any atom is -0.490 e. The van der Waals surface area contributed by atoms with Crippen molar-refractivity contribution in [1.29, 1.82) is 0 Å². The number of hydrogen-bond acceptors (Lipinski definition) is 3. The van der Waals surface area contributed by atoms with E-state index in [9.17, 15) is 8.78 Å². The summed E-state index contributed by atoms with van der Waals surface area (Å²) in [7, 11) is 0. The van der Waals surface area contributed by atoms with Crippen molar-refractivity contribution in [1.82, 2.24) is 0 Å². The van der Waals surface area contributed by atoms with Crippen molar-refractivity contribution < 1.29 is 31.8 Å². The molecule has 1 fully saturated rings. The third-order valence-electron chi connectivity index (χ3n) is 8.11. The van der Waals surface area contributed by atoms with Crippen molar-refractivity contribution in [3.63, 3.8) is 0 Å². The topological polar surface area (TPSA) is 27.7 Å². The molecular formula is C36H44F4O3. The highest BCUT2D eigenvalue weighted by molar-refractivity contribution is 5.71. The second kappa shape index (κ2) is 16.8. The van der Waals surface area contributed by atoms with Crippen LogP contribution in [0.4, 0.5) is 17.6 Å². The normalized spacial score (nSPS) is 16.9. The summed E-state index contributed by atoms with van der Waals surface area (Å²) in [5.41, 5.74) is 0.963. The summed E-state index contributed by atoms with van der Waals surface area (Å²) in [6, 6.07) is 12.1. The summed E-state index contributed by atoms with van der Waals surface area (Å²) in [6.45, 7) is 5.55. The molecule has 0 atom stereocenters. The largest absolute Gasteiger partial charge is 0.490 e. The zero-order valence-electron chi connectivity index (χ0n) is 25.4. The van der Waals surface area contributed by atoms with Crippen LogP contribution in [0.15, 0.2) is 48.5 Å². The van der Waals surface area contributed by atoms with Gasteiger partial charge in [0.05, 0.1) is 19.8 Å². The maximum Gasteiger partial charge on any atom is 0.201 e. The molecule has 0 aliphatic carbocycles. The number of rotatable bonds is 16. The van der Waals surface area contributed by atoms with E-state index in [0.29, 0.717) is 30.9 Å². The highest BCUT2D eigenvalue weighted by Crippen LogP contribution is 2.35. The van der Waals surface area contributed by atoms with E-state index in [4.69, 9.17) is 14.2 Å². The van der Waals surface area contributed by atoms with Crippen molar-refractivity contribution >= 4 is 0 Å². The van der Waals surface area contributed by atoms with Gasteiger partial charge >= 0.3 is 0 Å². The highest BCUT2D eigenvalue weighted by atomic mass is 19.2. The first-order chi connectivity index (χ1) is 20.9. The Morgan fingerprint density at radius 2 is 1.14 bits per heavy atom. The lowest BCUT2D eigenvalue weighted by atomic mass is 9.98. The minimum atomic E-state index is -1.03. The van der Waals surface area contributed by atoms with Crippen molar-refractivity contribution in [2.45, 2.75) is 90.8 Å². The molecule has 0 saturated carbocycles. The maximum absolute atomic E-state index is 15.2. The van der Waals surface area contributed by atoms with Crippen LogP contribution >= 0.6 is 0 Å². The zero-order valence-corrected chi connectivity index (χ0v) is 25.4. The molecule has 234 valence electrons. The van der Waals surface area contributed by atoms with E-state index in [0.717, 1.165) is 44.9 Å². The molecule has 1 aliphatic heterocycles. The van der Waals surface area contributed by atoms with Gasteiger partial charge in [0.2, 0.25) is 5.82 Å². The van der Waals surface area contributed by atoms with E-state index in [1.54, 1.807) is 24.3 Å². The van der Waals surface area contributed by atoms with Gasteiger partial charge < -0.3 is 14.2 Å². The first-order valence-electron chi connectivity index (χ1n) is 15.9. The Balaban J connectivity index is 1.36. The second-order valence-corrected chi connectivity index (χ2v) is 11.5. The summed E-state index contributed by atoms with van der Waals surface area (Å²) < 4.78 is 77.0. The molecule has 3 nitrogen and oxygen atoms in total.